The number of hydrogen-bond donors (Lipinski definition) is 1. The van der Waals surface area contributed by atoms with Crippen molar-refractivity contribution in [2.45, 2.75) is 0 Å². The van der Waals surface area contributed by atoms with Gasteiger partial charge in [0.1, 0.15) is 5.69 Å². The van der Waals surface area contributed by atoms with Gasteiger partial charge in [0, 0.05) is 35.6 Å². The van der Waals surface area contributed by atoms with E-state index in [1.54, 1.807) is 35.2 Å². The Balaban J connectivity index is 1.66. The van der Waals surface area contributed by atoms with Crippen molar-refractivity contribution in [3.05, 3.63) is 58.9 Å². The van der Waals surface area contributed by atoms with Crippen molar-refractivity contribution >= 4 is 29.1 Å². The molecule has 1 saturated heterocycles. The number of hydrogen-bond acceptors (Lipinski definition) is 4. The van der Waals surface area contributed by atoms with E-state index in [1.165, 1.54) is 12.3 Å². The first-order valence-corrected chi connectivity index (χ1v) is 7.91. The molecule has 2 amide bonds. The van der Waals surface area contributed by atoms with Crippen molar-refractivity contribution in [1.29, 1.82) is 0 Å². The third-order valence-corrected chi connectivity index (χ3v) is 3.88. The van der Waals surface area contributed by atoms with Crippen molar-refractivity contribution in [3.63, 3.8) is 0 Å². The van der Waals surface area contributed by atoms with Crippen LogP contribution < -0.4 is 5.32 Å². The van der Waals surface area contributed by atoms with Crippen LogP contribution in [0.4, 0.5) is 5.69 Å². The van der Waals surface area contributed by atoms with Crippen LogP contribution in [-0.2, 0) is 4.74 Å². The van der Waals surface area contributed by atoms with Gasteiger partial charge in [-0.3, -0.25) is 14.6 Å². The van der Waals surface area contributed by atoms with Gasteiger partial charge >= 0.3 is 0 Å². The molecule has 1 aromatic carbocycles. The van der Waals surface area contributed by atoms with Crippen LogP contribution >= 0.6 is 11.6 Å². The van der Waals surface area contributed by atoms with Gasteiger partial charge in [-0.2, -0.15) is 0 Å². The maximum atomic E-state index is 12.4. The van der Waals surface area contributed by atoms with Crippen LogP contribution in [0.25, 0.3) is 0 Å². The van der Waals surface area contributed by atoms with E-state index in [0.717, 1.165) is 0 Å². The number of rotatable bonds is 3. The first kappa shape index (κ1) is 16.4. The molecule has 7 heteroatoms. The lowest BCUT2D eigenvalue weighted by Gasteiger charge is -2.26. The molecule has 1 fully saturated rings. The molecule has 6 nitrogen and oxygen atoms in total. The Labute approximate surface area is 144 Å². The van der Waals surface area contributed by atoms with E-state index in [4.69, 9.17) is 16.3 Å². The predicted molar refractivity (Wildman–Crippen MR) is 90.4 cm³/mol. The van der Waals surface area contributed by atoms with Crippen LogP contribution in [0.5, 0.6) is 0 Å². The molecule has 0 bridgehead atoms. The summed E-state index contributed by atoms with van der Waals surface area (Å²) >= 11 is 5.85. The van der Waals surface area contributed by atoms with Gasteiger partial charge in [0.2, 0.25) is 0 Å². The fourth-order valence-electron chi connectivity index (χ4n) is 2.37. The van der Waals surface area contributed by atoms with Gasteiger partial charge in [-0.1, -0.05) is 11.6 Å². The lowest BCUT2D eigenvalue weighted by Crippen LogP contribution is -2.40. The average molecular weight is 346 g/mol. The zero-order valence-electron chi connectivity index (χ0n) is 12.9. The summed E-state index contributed by atoms with van der Waals surface area (Å²) in [4.78, 5) is 30.2. The normalized spacial score (nSPS) is 14.3. The molecule has 1 aromatic heterocycles. The predicted octanol–water partition coefficient (Wildman–Crippen LogP) is 2.46. The number of amides is 2. The summed E-state index contributed by atoms with van der Waals surface area (Å²) in [6, 6.07) is 9.86. The van der Waals surface area contributed by atoms with Gasteiger partial charge in [-0.05, 0) is 36.4 Å². The van der Waals surface area contributed by atoms with Crippen LogP contribution in [0, 0.1) is 0 Å². The summed E-state index contributed by atoms with van der Waals surface area (Å²) in [5, 5.41) is 3.17. The van der Waals surface area contributed by atoms with Gasteiger partial charge in [0.15, 0.2) is 0 Å². The Bertz CT molecular complexity index is 743. The number of nitrogens with one attached hydrogen (secondary N) is 1. The van der Waals surface area contributed by atoms with Crippen molar-refractivity contribution in [3.8, 4) is 0 Å². The number of carbonyl (C=O) groups excluding carboxylic acids is 2. The van der Waals surface area contributed by atoms with Gasteiger partial charge in [-0.15, -0.1) is 0 Å². The van der Waals surface area contributed by atoms with E-state index >= 15 is 0 Å². The summed E-state index contributed by atoms with van der Waals surface area (Å²) in [6.07, 6.45) is 1.47. The smallest absolute Gasteiger partial charge is 0.274 e. The topological polar surface area (TPSA) is 71.5 Å². The second-order valence-corrected chi connectivity index (χ2v) is 5.73. The monoisotopic (exact) mass is 345 g/mol. The second kappa shape index (κ2) is 7.42. The SMILES string of the molecule is O=C(Nc1ccc(C(=O)N2CCOCC2)cc1)c1cc(Cl)ccn1. The maximum Gasteiger partial charge on any atom is 0.274 e. The summed E-state index contributed by atoms with van der Waals surface area (Å²) in [5.41, 5.74) is 1.40. The van der Waals surface area contributed by atoms with Gasteiger partial charge < -0.3 is 15.0 Å². The van der Waals surface area contributed by atoms with Gasteiger partial charge in [0.25, 0.3) is 11.8 Å². The van der Waals surface area contributed by atoms with E-state index in [0.29, 0.717) is 42.6 Å². The number of nitrogens with zero attached hydrogens (tertiary/aromatic N) is 2. The van der Waals surface area contributed by atoms with E-state index in [1.807, 2.05) is 0 Å². The number of halogens is 1. The highest BCUT2D eigenvalue weighted by atomic mass is 35.5. The molecule has 0 aliphatic carbocycles. The van der Waals surface area contributed by atoms with E-state index in [-0.39, 0.29) is 17.5 Å². The first-order chi connectivity index (χ1) is 11.6. The number of morpholine rings is 1. The van der Waals surface area contributed by atoms with Gasteiger partial charge in [0.05, 0.1) is 13.2 Å². The van der Waals surface area contributed by atoms with Crippen LogP contribution in [0.3, 0.4) is 0 Å². The summed E-state index contributed by atoms with van der Waals surface area (Å²) in [5.74, 6) is -0.391. The molecule has 0 spiro atoms. The Morgan fingerprint density at radius 2 is 1.83 bits per heavy atom. The Kier molecular flexibility index (Phi) is 5.08. The third-order valence-electron chi connectivity index (χ3n) is 3.64. The quantitative estimate of drug-likeness (QED) is 0.927. The number of pyridine rings is 1. The number of carbonyl (C=O) groups is 2. The lowest BCUT2D eigenvalue weighted by atomic mass is 10.1. The van der Waals surface area contributed by atoms with Crippen LogP contribution in [0.15, 0.2) is 42.6 Å². The van der Waals surface area contributed by atoms with Crippen molar-refractivity contribution < 1.29 is 14.3 Å². The highest BCUT2D eigenvalue weighted by Gasteiger charge is 2.18. The Morgan fingerprint density at radius 1 is 1.12 bits per heavy atom. The molecule has 0 atom stereocenters. The van der Waals surface area contributed by atoms with Crippen LogP contribution in [0.2, 0.25) is 5.02 Å². The maximum absolute atomic E-state index is 12.4. The molecule has 2 heterocycles. The molecular formula is C17H16ClN3O3. The van der Waals surface area contributed by atoms with Gasteiger partial charge in [-0.25, -0.2) is 0 Å². The number of anilines is 1. The molecule has 24 heavy (non-hydrogen) atoms. The van der Waals surface area contributed by atoms with E-state index in [9.17, 15) is 9.59 Å². The zero-order chi connectivity index (χ0) is 16.9. The summed E-state index contributed by atoms with van der Waals surface area (Å²) in [7, 11) is 0. The standard InChI is InChI=1S/C17H16ClN3O3/c18-13-5-6-19-15(11-13)16(22)20-14-3-1-12(2-4-14)17(23)21-7-9-24-10-8-21/h1-6,11H,7-10H2,(H,20,22). The highest BCUT2D eigenvalue weighted by Crippen LogP contribution is 2.14. The minimum Gasteiger partial charge on any atom is -0.378 e. The molecule has 0 unspecified atom stereocenters. The molecule has 1 aliphatic heterocycles. The molecular weight excluding hydrogens is 330 g/mol. The van der Waals surface area contributed by atoms with Crippen molar-refractivity contribution in [2.75, 3.05) is 31.6 Å². The first-order valence-electron chi connectivity index (χ1n) is 7.53. The zero-order valence-corrected chi connectivity index (χ0v) is 13.6. The van der Waals surface area contributed by atoms with E-state index < -0.39 is 0 Å². The highest BCUT2D eigenvalue weighted by molar-refractivity contribution is 6.30. The third kappa shape index (κ3) is 3.90. The lowest BCUT2D eigenvalue weighted by molar-refractivity contribution is 0.0303. The average Bonchev–Trinajstić information content (AvgIpc) is 2.62. The Morgan fingerprint density at radius 3 is 2.50 bits per heavy atom. The summed E-state index contributed by atoms with van der Waals surface area (Å²) < 4.78 is 5.24. The second-order valence-electron chi connectivity index (χ2n) is 5.30. The molecule has 0 radical (unpaired) electrons. The van der Waals surface area contributed by atoms with Crippen LogP contribution in [0.1, 0.15) is 20.8 Å². The number of benzene rings is 1. The fourth-order valence-corrected chi connectivity index (χ4v) is 2.53. The largest absolute Gasteiger partial charge is 0.378 e. The molecule has 1 N–H and O–H groups in total. The molecule has 0 saturated carbocycles. The minimum atomic E-state index is -0.357. The van der Waals surface area contributed by atoms with Crippen molar-refractivity contribution in [2.24, 2.45) is 0 Å². The Hall–Kier alpha value is -2.44. The molecule has 124 valence electrons. The fraction of sp³-hybridized carbons (Fsp3) is 0.235. The van der Waals surface area contributed by atoms with Crippen LogP contribution in [-0.4, -0.2) is 48.0 Å². The minimum absolute atomic E-state index is 0.0346. The number of aromatic nitrogens is 1. The number of ether oxygens (including phenoxy) is 1. The molecule has 3 rings (SSSR count). The molecule has 1 aliphatic rings. The molecule has 2 aromatic rings. The summed E-state index contributed by atoms with van der Waals surface area (Å²) in [6.45, 7) is 2.31. The van der Waals surface area contributed by atoms with E-state index in [2.05, 4.69) is 10.3 Å². The van der Waals surface area contributed by atoms with Crippen molar-refractivity contribution in [1.82, 2.24) is 9.88 Å².